The zero-order valence-electron chi connectivity index (χ0n) is 21.6. The maximum atomic E-state index is 14.2. The first kappa shape index (κ1) is 26.1. The molecule has 6 saturated carbocycles. The van der Waals surface area contributed by atoms with Crippen LogP contribution in [0.2, 0.25) is 0 Å². The number of hydrogen-bond donors (Lipinski definition) is 2. The minimum absolute atomic E-state index is 0.0467. The van der Waals surface area contributed by atoms with Gasteiger partial charge in [0.15, 0.2) is 5.84 Å². The number of amidine groups is 1. The summed E-state index contributed by atoms with van der Waals surface area (Å²) in [5.41, 5.74) is 5.26. The number of nitrogens with zero attached hydrogens (tertiary/aromatic N) is 3. The summed E-state index contributed by atoms with van der Waals surface area (Å²) in [4.78, 5) is 19.8. The predicted molar refractivity (Wildman–Crippen MR) is 137 cm³/mol. The lowest BCUT2D eigenvalue weighted by molar-refractivity contribution is -0.215. The number of carbonyl (C=O) groups excluding carboxylic acids is 1. The van der Waals surface area contributed by atoms with Gasteiger partial charge in [-0.1, -0.05) is 17.3 Å². The zero-order chi connectivity index (χ0) is 27.7. The lowest BCUT2D eigenvalue weighted by Crippen LogP contribution is -2.65. The number of anilines is 1. The van der Waals surface area contributed by atoms with Crippen molar-refractivity contribution in [1.29, 1.82) is 0 Å². The number of oxime groups is 1. The molecule has 208 valence electrons. The molecule has 6 aliphatic carbocycles. The van der Waals surface area contributed by atoms with E-state index in [9.17, 15) is 22.4 Å². The number of amides is 1. The summed E-state index contributed by atoms with van der Waals surface area (Å²) in [7, 11) is 0. The van der Waals surface area contributed by atoms with Crippen molar-refractivity contribution < 1.29 is 27.6 Å². The third-order valence-electron chi connectivity index (χ3n) is 9.99. The van der Waals surface area contributed by atoms with Crippen molar-refractivity contribution in [2.45, 2.75) is 81.5 Å². The minimum atomic E-state index is -4.41. The summed E-state index contributed by atoms with van der Waals surface area (Å²) in [6.45, 7) is 0.499. The highest BCUT2D eigenvalue weighted by molar-refractivity contribution is 6.00. The number of halogens is 4. The fourth-order valence-electron chi connectivity index (χ4n) is 7.77. The van der Waals surface area contributed by atoms with Crippen LogP contribution >= 0.6 is 0 Å². The Hall–Kier alpha value is -3.17. The van der Waals surface area contributed by atoms with Gasteiger partial charge in [-0.15, -0.1) is 0 Å². The van der Waals surface area contributed by atoms with Gasteiger partial charge < -0.3 is 15.8 Å². The van der Waals surface area contributed by atoms with E-state index in [4.69, 9.17) is 10.9 Å². The van der Waals surface area contributed by atoms with Crippen LogP contribution in [-0.2, 0) is 16.4 Å². The highest BCUT2D eigenvalue weighted by Crippen LogP contribution is 2.71. The van der Waals surface area contributed by atoms with Crippen molar-refractivity contribution in [2.75, 3.05) is 11.4 Å². The molecule has 3 N–H and O–H groups in total. The second-order valence-electron chi connectivity index (χ2n) is 12.6. The van der Waals surface area contributed by atoms with Crippen LogP contribution in [0.3, 0.4) is 0 Å². The third-order valence-corrected chi connectivity index (χ3v) is 9.99. The van der Waals surface area contributed by atoms with E-state index in [1.54, 1.807) is 23.1 Å². The normalized spacial score (nSPS) is 33.3. The van der Waals surface area contributed by atoms with Crippen LogP contribution in [0.4, 0.5) is 23.2 Å². The number of fused-ring (bicyclic) bond motifs is 3. The van der Waals surface area contributed by atoms with Crippen molar-refractivity contribution >= 4 is 17.4 Å². The molecule has 0 unspecified atom stereocenters. The first-order valence-electron chi connectivity index (χ1n) is 13.5. The van der Waals surface area contributed by atoms with Crippen LogP contribution in [-0.4, -0.2) is 34.1 Å². The van der Waals surface area contributed by atoms with Crippen molar-refractivity contribution in [1.82, 2.24) is 4.98 Å². The predicted octanol–water partition coefficient (Wildman–Crippen LogP) is 6.10. The van der Waals surface area contributed by atoms with E-state index in [-0.39, 0.29) is 28.0 Å². The number of hydrogen-bond acceptors (Lipinski definition) is 4. The molecule has 1 amide bonds. The Morgan fingerprint density at radius 3 is 2.23 bits per heavy atom. The monoisotopic (exact) mass is 544 g/mol. The molecule has 10 heteroatoms. The summed E-state index contributed by atoms with van der Waals surface area (Å²) in [5, 5.41) is 12.2. The lowest BCUT2D eigenvalue weighted by Gasteiger charge is -2.66. The van der Waals surface area contributed by atoms with Crippen LogP contribution < -0.4 is 10.6 Å². The molecule has 8 rings (SSSR count). The Morgan fingerprint density at radius 2 is 1.69 bits per heavy atom. The van der Waals surface area contributed by atoms with Gasteiger partial charge in [0.1, 0.15) is 5.67 Å². The van der Waals surface area contributed by atoms with E-state index >= 15 is 0 Å². The largest absolute Gasteiger partial charge is 0.417 e. The molecule has 1 aromatic carbocycles. The van der Waals surface area contributed by atoms with Crippen molar-refractivity contribution in [3.05, 3.63) is 59.4 Å². The molecule has 39 heavy (non-hydrogen) atoms. The summed E-state index contributed by atoms with van der Waals surface area (Å²) in [5.74, 6) is -0.0973. The lowest BCUT2D eigenvalue weighted by atomic mass is 9.41. The summed E-state index contributed by atoms with van der Waals surface area (Å²) in [6, 6.07) is 9.70. The average molecular weight is 545 g/mol. The Bertz CT molecular complexity index is 1280. The Kier molecular flexibility index (Phi) is 5.79. The number of alkyl halides is 4. The fourth-order valence-corrected chi connectivity index (χ4v) is 7.77. The first-order valence-corrected chi connectivity index (χ1v) is 13.5. The highest BCUT2D eigenvalue weighted by atomic mass is 19.4. The van der Waals surface area contributed by atoms with E-state index < -0.39 is 17.4 Å². The van der Waals surface area contributed by atoms with E-state index in [1.165, 1.54) is 6.07 Å². The van der Waals surface area contributed by atoms with E-state index in [1.807, 2.05) is 6.07 Å². The summed E-state index contributed by atoms with van der Waals surface area (Å²) in [6.07, 6.45) is 3.02. The summed E-state index contributed by atoms with van der Waals surface area (Å²) >= 11 is 0. The van der Waals surface area contributed by atoms with Crippen LogP contribution in [0.5, 0.6) is 0 Å². The fraction of sp³-hybridized carbons (Fsp3) is 0.552. The molecule has 1 aromatic heterocycles. The molecule has 6 aliphatic rings. The van der Waals surface area contributed by atoms with Gasteiger partial charge in [-0.25, -0.2) is 4.39 Å². The minimum Gasteiger partial charge on any atom is -0.409 e. The quantitative estimate of drug-likeness (QED) is 0.145. The van der Waals surface area contributed by atoms with Gasteiger partial charge in [0.05, 0.1) is 5.56 Å². The number of benzene rings is 1. The van der Waals surface area contributed by atoms with Crippen molar-refractivity contribution in [2.24, 2.45) is 21.7 Å². The van der Waals surface area contributed by atoms with Gasteiger partial charge in [0.2, 0.25) is 5.91 Å². The van der Waals surface area contributed by atoms with Crippen molar-refractivity contribution in [3.63, 3.8) is 0 Å². The van der Waals surface area contributed by atoms with Gasteiger partial charge in [-0.05, 0) is 92.9 Å². The van der Waals surface area contributed by atoms with Gasteiger partial charge in [0, 0.05) is 41.5 Å². The van der Waals surface area contributed by atoms with E-state index in [0.29, 0.717) is 49.2 Å². The second kappa shape index (κ2) is 8.66. The first-order chi connectivity index (χ1) is 18.4. The number of pyridine rings is 1. The number of aromatic nitrogens is 1. The molecule has 0 aliphatic heterocycles. The molecule has 2 aromatic rings. The average Bonchev–Trinajstić information content (AvgIpc) is 2.90. The zero-order valence-corrected chi connectivity index (χ0v) is 21.6. The Labute approximate surface area is 224 Å². The van der Waals surface area contributed by atoms with Gasteiger partial charge in [0.25, 0.3) is 0 Å². The number of nitrogens with two attached hydrogens (primary N) is 1. The van der Waals surface area contributed by atoms with E-state index in [2.05, 4.69) is 10.1 Å². The number of rotatable bonds is 7. The van der Waals surface area contributed by atoms with E-state index in [0.717, 1.165) is 50.8 Å². The molecule has 4 bridgehead atoms. The molecule has 0 radical (unpaired) electrons. The molecule has 0 saturated heterocycles. The van der Waals surface area contributed by atoms with Gasteiger partial charge in [-0.3, -0.25) is 9.78 Å². The van der Waals surface area contributed by atoms with Crippen LogP contribution in [0.15, 0.2) is 47.8 Å². The standard InChI is InChI=1S/C29H32F4N4O2/c30-28-15-26(16-28,17-28)13-23(38)37(21-3-1-2-19(12-21)24(34)36-39)18-25-6-9-27(10-7-25,11-8-25)22-5-4-20(14-35-22)29(31,32)33/h1-5,12,14,39H,6-11,13,15-18H2,(H2,34,36). The van der Waals surface area contributed by atoms with Crippen molar-refractivity contribution in [3.8, 4) is 0 Å². The second-order valence-corrected chi connectivity index (χ2v) is 12.6. The smallest absolute Gasteiger partial charge is 0.409 e. The van der Waals surface area contributed by atoms with Crippen LogP contribution in [0.1, 0.15) is 81.0 Å². The SMILES string of the molecule is NC(=NO)c1cccc(N(CC23CCC(c4ccc(C(F)(F)F)cn4)(CC2)CC3)C(=O)CC23CC(F)(C2)C3)c1. The molecule has 0 spiro atoms. The topological polar surface area (TPSA) is 91.8 Å². The Morgan fingerprint density at radius 1 is 1.03 bits per heavy atom. The molecular weight excluding hydrogens is 512 g/mol. The van der Waals surface area contributed by atoms with Gasteiger partial charge >= 0.3 is 6.18 Å². The third kappa shape index (κ3) is 4.45. The Balaban J connectivity index is 1.22. The van der Waals surface area contributed by atoms with Crippen LogP contribution in [0, 0.1) is 10.8 Å². The maximum Gasteiger partial charge on any atom is 0.417 e. The van der Waals surface area contributed by atoms with Gasteiger partial charge in [-0.2, -0.15) is 13.2 Å². The molecule has 1 heterocycles. The molecule has 0 atom stereocenters. The molecular formula is C29H32F4N4O2. The van der Waals surface area contributed by atoms with Crippen LogP contribution in [0.25, 0.3) is 0 Å². The highest BCUT2D eigenvalue weighted by Gasteiger charge is 2.69. The summed E-state index contributed by atoms with van der Waals surface area (Å²) < 4.78 is 53.3. The molecule has 6 fully saturated rings. The number of carbonyl (C=O) groups is 1. The maximum absolute atomic E-state index is 14.2. The molecule has 6 nitrogen and oxygen atoms in total.